The molecule has 1 aliphatic heterocycles. The molecule has 1 aliphatic rings. The highest BCUT2D eigenvalue weighted by Gasteiger charge is 2.36. The number of carbonyl (C=O) groups is 4. The van der Waals surface area contributed by atoms with Crippen LogP contribution in [0.5, 0.6) is 0 Å². The summed E-state index contributed by atoms with van der Waals surface area (Å²) in [7, 11) is 0. The molecule has 26 heavy (non-hydrogen) atoms. The Balaban J connectivity index is 1.45. The molecule has 0 bridgehead atoms. The summed E-state index contributed by atoms with van der Waals surface area (Å²) in [5, 5.41) is 0. The monoisotopic (exact) mass is 353 g/mol. The van der Waals surface area contributed by atoms with Crippen LogP contribution in [-0.4, -0.2) is 48.4 Å². The Bertz CT molecular complexity index is 826. The van der Waals surface area contributed by atoms with Gasteiger partial charge in [-0.3, -0.25) is 19.3 Å². The fourth-order valence-corrected chi connectivity index (χ4v) is 2.50. The first-order valence-electron chi connectivity index (χ1n) is 7.91. The van der Waals surface area contributed by atoms with Gasteiger partial charge in [-0.1, -0.05) is 30.3 Å². The van der Waals surface area contributed by atoms with Gasteiger partial charge in [-0.05, 0) is 24.3 Å². The highest BCUT2D eigenvalue weighted by molar-refractivity contribution is 6.22. The van der Waals surface area contributed by atoms with Crippen molar-refractivity contribution < 1.29 is 28.7 Å². The van der Waals surface area contributed by atoms with Crippen molar-refractivity contribution >= 4 is 23.8 Å². The van der Waals surface area contributed by atoms with E-state index < -0.39 is 30.3 Å². The second kappa shape index (κ2) is 7.60. The van der Waals surface area contributed by atoms with Crippen LogP contribution in [-0.2, 0) is 14.3 Å². The van der Waals surface area contributed by atoms with Crippen LogP contribution in [0, 0.1) is 0 Å². The average Bonchev–Trinajstić information content (AvgIpc) is 2.91. The van der Waals surface area contributed by atoms with E-state index in [0.717, 1.165) is 4.90 Å². The van der Waals surface area contributed by atoms with E-state index in [4.69, 9.17) is 9.47 Å². The predicted octanol–water partition coefficient (Wildman–Crippen LogP) is 1.68. The number of esters is 2. The highest BCUT2D eigenvalue weighted by atomic mass is 16.6. The van der Waals surface area contributed by atoms with E-state index in [-0.39, 0.29) is 24.3 Å². The van der Waals surface area contributed by atoms with Crippen molar-refractivity contribution in [3.8, 4) is 0 Å². The second-order valence-electron chi connectivity index (χ2n) is 5.46. The second-order valence-corrected chi connectivity index (χ2v) is 5.46. The molecule has 7 nitrogen and oxygen atoms in total. The number of amides is 2. The summed E-state index contributed by atoms with van der Waals surface area (Å²) in [6.07, 6.45) is 0. The van der Waals surface area contributed by atoms with Crippen molar-refractivity contribution in [2.75, 3.05) is 19.8 Å². The van der Waals surface area contributed by atoms with E-state index in [1.54, 1.807) is 42.5 Å². The summed E-state index contributed by atoms with van der Waals surface area (Å²) in [6, 6.07) is 14.8. The normalized spacial score (nSPS) is 12.7. The maximum absolute atomic E-state index is 12.1. The maximum Gasteiger partial charge on any atom is 0.338 e. The Hall–Kier alpha value is -3.48. The zero-order valence-corrected chi connectivity index (χ0v) is 13.7. The molecule has 0 spiro atoms. The molecule has 7 heteroatoms. The van der Waals surface area contributed by atoms with Crippen LogP contribution in [0.4, 0.5) is 0 Å². The SMILES string of the molecule is O=C(CN1C(=O)c2ccccc2C1=O)OCCOC(=O)c1ccccc1. The smallest absolute Gasteiger partial charge is 0.338 e. The fraction of sp³-hybridized carbons (Fsp3) is 0.158. The van der Waals surface area contributed by atoms with Crippen LogP contribution in [0.25, 0.3) is 0 Å². The number of hydrogen-bond acceptors (Lipinski definition) is 6. The van der Waals surface area contributed by atoms with Gasteiger partial charge in [-0.25, -0.2) is 4.79 Å². The number of benzene rings is 2. The molecule has 2 aromatic carbocycles. The predicted molar refractivity (Wildman–Crippen MR) is 89.5 cm³/mol. The van der Waals surface area contributed by atoms with Crippen LogP contribution in [0.2, 0.25) is 0 Å². The average molecular weight is 353 g/mol. The molecule has 0 atom stereocenters. The molecule has 0 aliphatic carbocycles. The summed E-state index contributed by atoms with van der Waals surface area (Å²) in [5.41, 5.74) is 0.925. The molecule has 0 unspecified atom stereocenters. The van der Waals surface area contributed by atoms with E-state index in [9.17, 15) is 19.2 Å². The van der Waals surface area contributed by atoms with Gasteiger partial charge in [-0.15, -0.1) is 0 Å². The first-order valence-corrected chi connectivity index (χ1v) is 7.91. The highest BCUT2D eigenvalue weighted by Crippen LogP contribution is 2.22. The molecule has 1 heterocycles. The minimum Gasteiger partial charge on any atom is -0.461 e. The molecule has 2 amide bonds. The van der Waals surface area contributed by atoms with Crippen LogP contribution in [0.1, 0.15) is 31.1 Å². The van der Waals surface area contributed by atoms with Crippen molar-refractivity contribution in [1.82, 2.24) is 4.90 Å². The Morgan fingerprint density at radius 3 is 1.92 bits per heavy atom. The van der Waals surface area contributed by atoms with Crippen LogP contribution in [0.15, 0.2) is 54.6 Å². The Morgan fingerprint density at radius 1 is 0.769 bits per heavy atom. The number of rotatable bonds is 6. The van der Waals surface area contributed by atoms with E-state index in [1.165, 1.54) is 12.1 Å². The van der Waals surface area contributed by atoms with Crippen molar-refractivity contribution in [2.45, 2.75) is 0 Å². The van der Waals surface area contributed by atoms with Crippen molar-refractivity contribution in [1.29, 1.82) is 0 Å². The van der Waals surface area contributed by atoms with Gasteiger partial charge < -0.3 is 9.47 Å². The van der Waals surface area contributed by atoms with Gasteiger partial charge in [-0.2, -0.15) is 0 Å². The van der Waals surface area contributed by atoms with Gasteiger partial charge in [0.1, 0.15) is 19.8 Å². The number of fused-ring (bicyclic) bond motifs is 1. The number of hydrogen-bond donors (Lipinski definition) is 0. The summed E-state index contributed by atoms with van der Waals surface area (Å²) in [5.74, 6) is -2.34. The van der Waals surface area contributed by atoms with Gasteiger partial charge in [0, 0.05) is 0 Å². The first kappa shape index (κ1) is 17.3. The Morgan fingerprint density at radius 2 is 1.31 bits per heavy atom. The minimum atomic E-state index is -0.754. The number of ether oxygens (including phenoxy) is 2. The molecule has 0 aromatic heterocycles. The summed E-state index contributed by atoms with van der Waals surface area (Å²) < 4.78 is 9.90. The Labute approximate surface area is 149 Å². The van der Waals surface area contributed by atoms with E-state index in [1.807, 2.05) is 0 Å². The topological polar surface area (TPSA) is 90.0 Å². The number of imide groups is 1. The lowest BCUT2D eigenvalue weighted by Gasteiger charge is -2.13. The zero-order chi connectivity index (χ0) is 18.5. The number of carbonyl (C=O) groups excluding carboxylic acids is 4. The van der Waals surface area contributed by atoms with E-state index >= 15 is 0 Å². The van der Waals surface area contributed by atoms with E-state index in [0.29, 0.717) is 5.56 Å². The lowest BCUT2D eigenvalue weighted by Crippen LogP contribution is -2.36. The van der Waals surface area contributed by atoms with E-state index in [2.05, 4.69) is 0 Å². The molecule has 2 aromatic rings. The van der Waals surface area contributed by atoms with Crippen LogP contribution < -0.4 is 0 Å². The third-order valence-corrected chi connectivity index (χ3v) is 3.75. The van der Waals surface area contributed by atoms with Crippen molar-refractivity contribution in [3.05, 3.63) is 71.3 Å². The van der Waals surface area contributed by atoms with Crippen LogP contribution >= 0.6 is 0 Å². The lowest BCUT2D eigenvalue weighted by atomic mass is 10.1. The van der Waals surface area contributed by atoms with Crippen LogP contribution in [0.3, 0.4) is 0 Å². The number of nitrogens with zero attached hydrogens (tertiary/aromatic N) is 1. The summed E-state index contributed by atoms with van der Waals surface area (Å²) in [4.78, 5) is 48.7. The van der Waals surface area contributed by atoms with Crippen molar-refractivity contribution in [2.24, 2.45) is 0 Å². The van der Waals surface area contributed by atoms with Gasteiger partial charge in [0.25, 0.3) is 11.8 Å². The van der Waals surface area contributed by atoms with Gasteiger partial charge in [0.2, 0.25) is 0 Å². The lowest BCUT2D eigenvalue weighted by molar-refractivity contribution is -0.145. The molecule has 3 rings (SSSR count). The summed E-state index contributed by atoms with van der Waals surface area (Å²) >= 11 is 0. The molecule has 0 fully saturated rings. The Kier molecular flexibility index (Phi) is 5.07. The fourth-order valence-electron chi connectivity index (χ4n) is 2.50. The van der Waals surface area contributed by atoms with Crippen molar-refractivity contribution in [3.63, 3.8) is 0 Å². The molecular formula is C19H15NO6. The third kappa shape index (κ3) is 3.61. The molecule has 0 N–H and O–H groups in total. The zero-order valence-electron chi connectivity index (χ0n) is 13.7. The molecule has 0 saturated carbocycles. The molecule has 0 radical (unpaired) electrons. The largest absolute Gasteiger partial charge is 0.461 e. The van der Waals surface area contributed by atoms with Gasteiger partial charge >= 0.3 is 11.9 Å². The maximum atomic E-state index is 12.1. The van der Waals surface area contributed by atoms with Gasteiger partial charge in [0.05, 0.1) is 16.7 Å². The third-order valence-electron chi connectivity index (χ3n) is 3.75. The quantitative estimate of drug-likeness (QED) is 0.446. The minimum absolute atomic E-state index is 0.123. The molecule has 132 valence electrons. The summed E-state index contributed by atoms with van der Waals surface area (Å²) in [6.45, 7) is -0.777. The molecular weight excluding hydrogens is 338 g/mol. The molecule has 0 saturated heterocycles. The standard InChI is InChI=1S/C19H15NO6/c21-16(25-10-11-26-19(24)13-6-2-1-3-7-13)12-20-17(22)14-8-4-5-9-15(14)18(20)23/h1-9H,10-12H2. The van der Waals surface area contributed by atoms with Gasteiger partial charge in [0.15, 0.2) is 0 Å². The first-order chi connectivity index (χ1) is 12.6.